The molecule has 0 fully saturated rings. The zero-order valence-electron chi connectivity index (χ0n) is 9.81. The summed E-state index contributed by atoms with van der Waals surface area (Å²) in [6, 6.07) is 0. The Hall–Kier alpha value is -0.630. The van der Waals surface area contributed by atoms with Crippen molar-refractivity contribution in [1.82, 2.24) is 4.90 Å². The Labute approximate surface area is 88.0 Å². The van der Waals surface area contributed by atoms with E-state index in [1.54, 1.807) is 0 Å². The van der Waals surface area contributed by atoms with Crippen molar-refractivity contribution in [3.63, 3.8) is 0 Å². The predicted molar refractivity (Wildman–Crippen MR) is 61.5 cm³/mol. The molecule has 0 rings (SSSR count). The lowest BCUT2D eigenvalue weighted by atomic mass is 10.1. The van der Waals surface area contributed by atoms with Gasteiger partial charge in [0.15, 0.2) is 0 Å². The van der Waals surface area contributed by atoms with Crippen LogP contribution in [-0.4, -0.2) is 30.3 Å². The van der Waals surface area contributed by atoms with Gasteiger partial charge in [-0.3, -0.25) is 4.79 Å². The summed E-state index contributed by atoms with van der Waals surface area (Å²) in [7, 11) is 0. The number of carbonyl (C=O) groups is 1. The average Bonchev–Trinajstić information content (AvgIpc) is 2.16. The first kappa shape index (κ1) is 13.4. The van der Waals surface area contributed by atoms with Gasteiger partial charge in [0.25, 0.3) is 0 Å². The second-order valence-corrected chi connectivity index (χ2v) is 3.77. The molecule has 0 amide bonds. The fourth-order valence-electron chi connectivity index (χ4n) is 1.30. The second kappa shape index (κ2) is 7.74. The Bertz CT molecular complexity index is 183. The number of allylic oxidation sites excluding steroid dienone is 1. The van der Waals surface area contributed by atoms with E-state index in [9.17, 15) is 4.79 Å². The van der Waals surface area contributed by atoms with Crippen molar-refractivity contribution in [2.45, 2.75) is 40.0 Å². The molecule has 0 bridgehead atoms. The van der Waals surface area contributed by atoms with Crippen molar-refractivity contribution in [2.75, 3.05) is 19.6 Å². The van der Waals surface area contributed by atoms with E-state index in [0.717, 1.165) is 31.6 Å². The van der Waals surface area contributed by atoms with Crippen LogP contribution < -0.4 is 0 Å². The van der Waals surface area contributed by atoms with Crippen molar-refractivity contribution in [3.8, 4) is 0 Å². The van der Waals surface area contributed by atoms with Gasteiger partial charge in [0.1, 0.15) is 5.78 Å². The predicted octanol–water partition coefficient (Wildman–Crippen LogP) is 2.64. The van der Waals surface area contributed by atoms with E-state index in [4.69, 9.17) is 0 Å². The largest absolute Gasteiger partial charge is 0.303 e. The molecule has 0 radical (unpaired) electrons. The van der Waals surface area contributed by atoms with E-state index in [1.165, 1.54) is 0 Å². The van der Waals surface area contributed by atoms with E-state index >= 15 is 0 Å². The molecular weight excluding hydrogens is 174 g/mol. The average molecular weight is 197 g/mol. The molecule has 82 valence electrons. The fourth-order valence-corrected chi connectivity index (χ4v) is 1.30. The highest BCUT2D eigenvalue weighted by Gasteiger charge is 2.04. The lowest BCUT2D eigenvalue weighted by molar-refractivity contribution is -0.119. The zero-order valence-corrected chi connectivity index (χ0v) is 9.81. The summed E-state index contributed by atoms with van der Waals surface area (Å²) in [6.07, 6.45) is 2.20. The minimum absolute atomic E-state index is 0.361. The first-order chi connectivity index (χ1) is 6.60. The molecule has 0 N–H and O–H groups in total. The summed E-state index contributed by atoms with van der Waals surface area (Å²) in [5.41, 5.74) is 1.10. The van der Waals surface area contributed by atoms with Gasteiger partial charge in [0.05, 0.1) is 0 Å². The minimum atomic E-state index is 0.361. The molecule has 0 aliphatic heterocycles. The summed E-state index contributed by atoms with van der Waals surface area (Å²) in [4.78, 5) is 13.7. The number of rotatable bonds is 8. The summed E-state index contributed by atoms with van der Waals surface area (Å²) < 4.78 is 0. The SMILES string of the molecule is C=C(C)CCC(=O)CCN(CC)CC. The molecule has 0 aromatic rings. The molecule has 0 heterocycles. The van der Waals surface area contributed by atoms with Crippen LogP contribution in [0.3, 0.4) is 0 Å². The third-order valence-electron chi connectivity index (χ3n) is 2.43. The van der Waals surface area contributed by atoms with Gasteiger partial charge in [0, 0.05) is 19.4 Å². The van der Waals surface area contributed by atoms with Gasteiger partial charge in [-0.25, -0.2) is 0 Å². The molecule has 2 nitrogen and oxygen atoms in total. The minimum Gasteiger partial charge on any atom is -0.303 e. The molecule has 0 aromatic heterocycles. The van der Waals surface area contributed by atoms with E-state index in [-0.39, 0.29) is 0 Å². The summed E-state index contributed by atoms with van der Waals surface area (Å²) in [5.74, 6) is 0.361. The topological polar surface area (TPSA) is 20.3 Å². The second-order valence-electron chi connectivity index (χ2n) is 3.77. The third kappa shape index (κ3) is 6.84. The fraction of sp³-hybridized carbons (Fsp3) is 0.750. The van der Waals surface area contributed by atoms with Crippen LogP contribution in [0.2, 0.25) is 0 Å². The molecule has 0 atom stereocenters. The van der Waals surface area contributed by atoms with Crippen molar-refractivity contribution >= 4 is 5.78 Å². The van der Waals surface area contributed by atoms with Crippen LogP contribution >= 0.6 is 0 Å². The maximum absolute atomic E-state index is 11.4. The zero-order chi connectivity index (χ0) is 11.0. The first-order valence-corrected chi connectivity index (χ1v) is 5.48. The molecule has 2 heteroatoms. The number of carbonyl (C=O) groups excluding carboxylic acids is 1. The van der Waals surface area contributed by atoms with Crippen molar-refractivity contribution < 1.29 is 4.79 Å². The number of ketones is 1. The number of nitrogens with zero attached hydrogens (tertiary/aromatic N) is 1. The smallest absolute Gasteiger partial charge is 0.134 e. The third-order valence-corrected chi connectivity index (χ3v) is 2.43. The van der Waals surface area contributed by atoms with Gasteiger partial charge in [-0.2, -0.15) is 0 Å². The number of hydrogen-bond acceptors (Lipinski definition) is 2. The Morgan fingerprint density at radius 2 is 1.71 bits per heavy atom. The molecule has 0 aliphatic carbocycles. The highest BCUT2D eigenvalue weighted by atomic mass is 16.1. The van der Waals surface area contributed by atoms with Gasteiger partial charge < -0.3 is 4.90 Å². The van der Waals surface area contributed by atoms with Crippen molar-refractivity contribution in [2.24, 2.45) is 0 Å². The maximum Gasteiger partial charge on any atom is 0.134 e. The molecule has 0 spiro atoms. The van der Waals surface area contributed by atoms with Crippen LogP contribution in [0.5, 0.6) is 0 Å². The quantitative estimate of drug-likeness (QED) is 0.558. The number of Topliss-reactive ketones (excluding diaryl/α,β-unsaturated/α-hetero) is 1. The van der Waals surface area contributed by atoms with Crippen LogP contribution in [0.25, 0.3) is 0 Å². The molecule has 0 aromatic carbocycles. The highest BCUT2D eigenvalue weighted by Crippen LogP contribution is 2.03. The Morgan fingerprint density at radius 1 is 1.14 bits per heavy atom. The van der Waals surface area contributed by atoms with E-state index in [1.807, 2.05) is 6.92 Å². The monoisotopic (exact) mass is 197 g/mol. The van der Waals surface area contributed by atoms with Crippen LogP contribution in [-0.2, 0) is 4.79 Å². The first-order valence-electron chi connectivity index (χ1n) is 5.48. The lowest BCUT2D eigenvalue weighted by Crippen LogP contribution is -2.25. The van der Waals surface area contributed by atoms with E-state index in [0.29, 0.717) is 18.6 Å². The van der Waals surface area contributed by atoms with Crippen LogP contribution in [0.4, 0.5) is 0 Å². The van der Waals surface area contributed by atoms with Crippen LogP contribution in [0, 0.1) is 0 Å². The Morgan fingerprint density at radius 3 is 2.14 bits per heavy atom. The van der Waals surface area contributed by atoms with Crippen molar-refractivity contribution in [1.29, 1.82) is 0 Å². The maximum atomic E-state index is 11.4. The standard InChI is InChI=1S/C12H23NO/c1-5-13(6-2)10-9-12(14)8-7-11(3)4/h3,5-10H2,1-2,4H3. The highest BCUT2D eigenvalue weighted by molar-refractivity contribution is 5.78. The molecule has 0 saturated carbocycles. The van der Waals surface area contributed by atoms with Crippen LogP contribution in [0.15, 0.2) is 12.2 Å². The van der Waals surface area contributed by atoms with Gasteiger partial charge in [-0.1, -0.05) is 19.4 Å². The lowest BCUT2D eigenvalue weighted by Gasteiger charge is -2.16. The van der Waals surface area contributed by atoms with Crippen molar-refractivity contribution in [3.05, 3.63) is 12.2 Å². The van der Waals surface area contributed by atoms with E-state index < -0.39 is 0 Å². The number of hydrogen-bond donors (Lipinski definition) is 0. The van der Waals surface area contributed by atoms with Gasteiger partial charge in [-0.05, 0) is 26.4 Å². The molecular formula is C12H23NO. The van der Waals surface area contributed by atoms with Gasteiger partial charge in [-0.15, -0.1) is 6.58 Å². The Kier molecular flexibility index (Phi) is 7.40. The van der Waals surface area contributed by atoms with Crippen LogP contribution in [0.1, 0.15) is 40.0 Å². The summed E-state index contributed by atoms with van der Waals surface area (Å²) >= 11 is 0. The van der Waals surface area contributed by atoms with Gasteiger partial charge >= 0.3 is 0 Å². The summed E-state index contributed by atoms with van der Waals surface area (Å²) in [6.45, 7) is 13.0. The Balaban J connectivity index is 3.57. The molecule has 0 saturated heterocycles. The molecule has 14 heavy (non-hydrogen) atoms. The normalized spacial score (nSPS) is 10.6. The molecule has 0 aliphatic rings. The van der Waals surface area contributed by atoms with E-state index in [2.05, 4.69) is 25.3 Å². The van der Waals surface area contributed by atoms with Gasteiger partial charge in [0.2, 0.25) is 0 Å². The molecule has 0 unspecified atom stereocenters. The summed E-state index contributed by atoms with van der Waals surface area (Å²) in [5, 5.41) is 0.